The molecule has 0 saturated heterocycles. The van der Waals surface area contributed by atoms with Crippen molar-refractivity contribution in [2.75, 3.05) is 7.11 Å². The van der Waals surface area contributed by atoms with Crippen molar-refractivity contribution in [1.29, 1.82) is 5.26 Å². The van der Waals surface area contributed by atoms with Gasteiger partial charge in [0, 0.05) is 11.4 Å². The van der Waals surface area contributed by atoms with Crippen molar-refractivity contribution in [3.63, 3.8) is 0 Å². The van der Waals surface area contributed by atoms with Crippen LogP contribution in [0.4, 0.5) is 0 Å². The standard InChI is InChI=1S/C12H10ClNO2/c1-16-11-3-2-9(13)8-4-7(6-14)5-10(15)12(8)11/h2-3,7H,4-5H2,1H3. The molecule has 0 radical (unpaired) electrons. The van der Waals surface area contributed by atoms with Gasteiger partial charge in [-0.1, -0.05) is 11.6 Å². The van der Waals surface area contributed by atoms with Gasteiger partial charge in [0.15, 0.2) is 5.78 Å². The zero-order valence-corrected chi connectivity index (χ0v) is 9.54. The van der Waals surface area contributed by atoms with E-state index < -0.39 is 0 Å². The van der Waals surface area contributed by atoms with E-state index in [1.807, 2.05) is 0 Å². The molecule has 0 bridgehead atoms. The number of halogens is 1. The van der Waals surface area contributed by atoms with Gasteiger partial charge < -0.3 is 4.74 Å². The number of hydrogen-bond donors (Lipinski definition) is 0. The second-order valence-electron chi connectivity index (χ2n) is 3.76. The molecule has 4 heteroatoms. The number of nitrogens with zero attached hydrogens (tertiary/aromatic N) is 1. The number of nitriles is 1. The van der Waals surface area contributed by atoms with E-state index >= 15 is 0 Å². The quantitative estimate of drug-likeness (QED) is 0.752. The first kappa shape index (κ1) is 11.0. The molecule has 1 aliphatic rings. The molecule has 1 aromatic rings. The average molecular weight is 236 g/mol. The lowest BCUT2D eigenvalue weighted by atomic mass is 9.83. The van der Waals surface area contributed by atoms with Crippen LogP contribution in [0, 0.1) is 17.2 Å². The van der Waals surface area contributed by atoms with Crippen LogP contribution in [-0.2, 0) is 6.42 Å². The zero-order chi connectivity index (χ0) is 11.7. The first-order valence-corrected chi connectivity index (χ1v) is 5.33. The molecular weight excluding hydrogens is 226 g/mol. The molecule has 1 aliphatic carbocycles. The van der Waals surface area contributed by atoms with Gasteiger partial charge in [-0.15, -0.1) is 0 Å². The highest BCUT2D eigenvalue weighted by atomic mass is 35.5. The Kier molecular flexibility index (Phi) is 2.84. The minimum absolute atomic E-state index is 0.0628. The summed E-state index contributed by atoms with van der Waals surface area (Å²) in [6, 6.07) is 5.51. The number of Topliss-reactive ketones (excluding diaryl/α,β-unsaturated/α-hetero) is 1. The molecule has 0 fully saturated rings. The Morgan fingerprint density at radius 3 is 2.88 bits per heavy atom. The topological polar surface area (TPSA) is 50.1 Å². The van der Waals surface area contributed by atoms with Gasteiger partial charge in [0.05, 0.1) is 24.7 Å². The highest BCUT2D eigenvalue weighted by Crippen LogP contribution is 2.36. The number of carbonyl (C=O) groups is 1. The Morgan fingerprint density at radius 2 is 2.25 bits per heavy atom. The van der Waals surface area contributed by atoms with E-state index in [0.29, 0.717) is 22.8 Å². The van der Waals surface area contributed by atoms with Gasteiger partial charge in [0.2, 0.25) is 0 Å². The predicted molar refractivity (Wildman–Crippen MR) is 59.8 cm³/mol. The summed E-state index contributed by atoms with van der Waals surface area (Å²) in [6.45, 7) is 0. The number of hydrogen-bond acceptors (Lipinski definition) is 3. The number of rotatable bonds is 1. The van der Waals surface area contributed by atoms with Crippen LogP contribution in [-0.4, -0.2) is 12.9 Å². The maximum Gasteiger partial charge on any atom is 0.168 e. The Labute approximate surface area is 98.6 Å². The molecule has 82 valence electrons. The minimum atomic E-state index is -0.274. The Balaban J connectivity index is 2.59. The first-order valence-electron chi connectivity index (χ1n) is 4.95. The fraction of sp³-hybridized carbons (Fsp3) is 0.333. The lowest BCUT2D eigenvalue weighted by molar-refractivity contribution is 0.0957. The third-order valence-corrected chi connectivity index (χ3v) is 3.14. The summed E-state index contributed by atoms with van der Waals surface area (Å²) in [7, 11) is 1.52. The molecule has 16 heavy (non-hydrogen) atoms. The van der Waals surface area contributed by atoms with Gasteiger partial charge in [-0.3, -0.25) is 4.79 Å². The van der Waals surface area contributed by atoms with Crippen molar-refractivity contribution in [2.45, 2.75) is 12.8 Å². The van der Waals surface area contributed by atoms with Crippen LogP contribution in [0.15, 0.2) is 12.1 Å². The summed E-state index contributed by atoms with van der Waals surface area (Å²) in [5, 5.41) is 9.41. The van der Waals surface area contributed by atoms with Crippen molar-refractivity contribution in [2.24, 2.45) is 5.92 Å². The summed E-state index contributed by atoms with van der Waals surface area (Å²) in [5.74, 6) is 0.206. The third-order valence-electron chi connectivity index (χ3n) is 2.78. The van der Waals surface area contributed by atoms with Crippen LogP contribution in [0.25, 0.3) is 0 Å². The first-order chi connectivity index (χ1) is 7.67. The second-order valence-corrected chi connectivity index (χ2v) is 4.17. The van der Waals surface area contributed by atoms with Gasteiger partial charge in [0.25, 0.3) is 0 Å². The van der Waals surface area contributed by atoms with Crippen molar-refractivity contribution < 1.29 is 9.53 Å². The number of methoxy groups -OCH3 is 1. The van der Waals surface area contributed by atoms with E-state index in [2.05, 4.69) is 6.07 Å². The molecule has 0 spiro atoms. The predicted octanol–water partition coefficient (Wildman–Crippen LogP) is 2.62. The molecule has 1 atom stereocenters. The van der Waals surface area contributed by atoms with Crippen molar-refractivity contribution in [3.8, 4) is 11.8 Å². The number of fused-ring (bicyclic) bond motifs is 1. The van der Waals surface area contributed by atoms with Crippen LogP contribution >= 0.6 is 11.6 Å². The Bertz CT molecular complexity index is 491. The molecule has 0 N–H and O–H groups in total. The van der Waals surface area contributed by atoms with E-state index in [1.165, 1.54) is 7.11 Å². The maximum atomic E-state index is 11.9. The van der Waals surface area contributed by atoms with Gasteiger partial charge in [-0.05, 0) is 24.1 Å². The fourth-order valence-electron chi connectivity index (χ4n) is 2.01. The van der Waals surface area contributed by atoms with E-state index in [-0.39, 0.29) is 18.1 Å². The highest BCUT2D eigenvalue weighted by Gasteiger charge is 2.29. The molecule has 1 unspecified atom stereocenters. The summed E-state index contributed by atoms with van der Waals surface area (Å²) < 4.78 is 5.14. The van der Waals surface area contributed by atoms with E-state index in [4.69, 9.17) is 21.6 Å². The molecule has 2 rings (SSSR count). The lowest BCUT2D eigenvalue weighted by Gasteiger charge is -2.21. The normalized spacial score (nSPS) is 18.8. The summed E-state index contributed by atoms with van der Waals surface area (Å²) in [5.41, 5.74) is 1.28. The molecule has 1 aromatic carbocycles. The molecular formula is C12H10ClNO2. The zero-order valence-electron chi connectivity index (χ0n) is 8.79. The molecule has 0 aromatic heterocycles. The van der Waals surface area contributed by atoms with Crippen LogP contribution in [0.5, 0.6) is 5.75 Å². The maximum absolute atomic E-state index is 11.9. The van der Waals surface area contributed by atoms with E-state index in [0.717, 1.165) is 5.56 Å². The van der Waals surface area contributed by atoms with Gasteiger partial charge in [-0.25, -0.2) is 0 Å². The van der Waals surface area contributed by atoms with Crippen molar-refractivity contribution >= 4 is 17.4 Å². The Hall–Kier alpha value is -1.53. The Morgan fingerprint density at radius 1 is 1.50 bits per heavy atom. The number of carbonyl (C=O) groups excluding carboxylic acids is 1. The van der Waals surface area contributed by atoms with Crippen LogP contribution in [0.1, 0.15) is 22.3 Å². The van der Waals surface area contributed by atoms with Crippen molar-refractivity contribution in [3.05, 3.63) is 28.3 Å². The average Bonchev–Trinajstić information content (AvgIpc) is 2.30. The SMILES string of the molecule is COc1ccc(Cl)c2c1C(=O)CC(C#N)C2. The third kappa shape index (κ3) is 1.66. The largest absolute Gasteiger partial charge is 0.496 e. The second kappa shape index (κ2) is 4.15. The molecule has 0 saturated carbocycles. The fourth-order valence-corrected chi connectivity index (χ4v) is 2.25. The summed E-state index contributed by atoms with van der Waals surface area (Å²) in [4.78, 5) is 11.9. The smallest absolute Gasteiger partial charge is 0.168 e. The molecule has 0 amide bonds. The monoisotopic (exact) mass is 235 g/mol. The van der Waals surface area contributed by atoms with Gasteiger partial charge in [-0.2, -0.15) is 5.26 Å². The number of benzene rings is 1. The minimum Gasteiger partial charge on any atom is -0.496 e. The highest BCUT2D eigenvalue weighted by molar-refractivity contribution is 6.32. The summed E-state index contributed by atoms with van der Waals surface area (Å²) >= 11 is 6.04. The van der Waals surface area contributed by atoms with Crippen LogP contribution in [0.2, 0.25) is 5.02 Å². The number of ketones is 1. The van der Waals surface area contributed by atoms with Crippen LogP contribution < -0.4 is 4.74 Å². The molecule has 0 aliphatic heterocycles. The van der Waals surface area contributed by atoms with Crippen molar-refractivity contribution in [1.82, 2.24) is 0 Å². The lowest BCUT2D eigenvalue weighted by Crippen LogP contribution is -2.20. The molecule has 0 heterocycles. The number of ether oxygens (including phenoxy) is 1. The van der Waals surface area contributed by atoms with Crippen LogP contribution in [0.3, 0.4) is 0 Å². The summed E-state index contributed by atoms with van der Waals surface area (Å²) in [6.07, 6.45) is 0.772. The van der Waals surface area contributed by atoms with E-state index in [9.17, 15) is 4.79 Å². The van der Waals surface area contributed by atoms with E-state index in [1.54, 1.807) is 12.1 Å². The van der Waals surface area contributed by atoms with Gasteiger partial charge >= 0.3 is 0 Å². The van der Waals surface area contributed by atoms with Gasteiger partial charge in [0.1, 0.15) is 5.75 Å². The molecule has 3 nitrogen and oxygen atoms in total.